The normalized spacial score (nSPS) is 10.5. The molecule has 11 heavy (non-hydrogen) atoms. The van der Waals surface area contributed by atoms with Crippen molar-refractivity contribution >= 4 is 22.6 Å². The maximum Gasteiger partial charge on any atom is 0.122 e. The second-order valence-electron chi connectivity index (χ2n) is 2.55. The quantitative estimate of drug-likeness (QED) is 0.780. The van der Waals surface area contributed by atoms with Crippen molar-refractivity contribution in [3.8, 4) is 0 Å². The maximum atomic E-state index is 4.06. The lowest BCUT2D eigenvalue weighted by atomic mass is 10.2. The molecule has 0 fully saturated rings. The number of aryl methyl sites for hydroxylation is 2. The number of rotatable bonds is 3. The van der Waals surface area contributed by atoms with Crippen molar-refractivity contribution in [3.05, 3.63) is 9.39 Å². The summed E-state index contributed by atoms with van der Waals surface area (Å²) in [7, 11) is 1.92. The molecule has 0 amide bonds. The highest BCUT2D eigenvalue weighted by Gasteiger charge is 2.05. The average Bonchev–Trinajstić information content (AvgIpc) is 2.31. The van der Waals surface area contributed by atoms with E-state index in [-0.39, 0.29) is 0 Å². The van der Waals surface area contributed by atoms with Gasteiger partial charge in [0.25, 0.3) is 0 Å². The van der Waals surface area contributed by atoms with E-state index in [9.17, 15) is 0 Å². The first-order valence-electron chi connectivity index (χ1n) is 3.79. The van der Waals surface area contributed by atoms with E-state index in [0.29, 0.717) is 0 Å². The van der Waals surface area contributed by atoms with Crippen LogP contribution in [-0.2, 0) is 13.5 Å². The summed E-state index contributed by atoms with van der Waals surface area (Å²) in [5, 5.41) is 7.99. The number of unbranched alkanes of at least 4 members (excludes halogenated alkanes) is 1. The van der Waals surface area contributed by atoms with Gasteiger partial charge >= 0.3 is 0 Å². The van der Waals surface area contributed by atoms with Gasteiger partial charge in [0, 0.05) is 7.05 Å². The van der Waals surface area contributed by atoms with Crippen molar-refractivity contribution < 1.29 is 0 Å². The van der Waals surface area contributed by atoms with Crippen LogP contribution in [0, 0.1) is 3.70 Å². The van der Waals surface area contributed by atoms with Gasteiger partial charge in [-0.3, -0.25) is 0 Å². The summed E-state index contributed by atoms with van der Waals surface area (Å²) in [6.07, 6.45) is 3.48. The molecule has 0 radical (unpaired) electrons. The predicted molar refractivity (Wildman–Crippen MR) is 52.3 cm³/mol. The van der Waals surface area contributed by atoms with Crippen LogP contribution in [0.5, 0.6) is 0 Å². The van der Waals surface area contributed by atoms with E-state index in [4.69, 9.17) is 0 Å². The Morgan fingerprint density at radius 1 is 1.55 bits per heavy atom. The molecule has 0 bridgehead atoms. The van der Waals surface area contributed by atoms with E-state index in [0.717, 1.165) is 15.8 Å². The predicted octanol–water partition coefficient (Wildman–Crippen LogP) is 1.76. The first-order chi connectivity index (χ1) is 5.25. The van der Waals surface area contributed by atoms with Crippen LogP contribution >= 0.6 is 22.6 Å². The Hall–Kier alpha value is -0.130. The van der Waals surface area contributed by atoms with Crippen LogP contribution in [-0.4, -0.2) is 15.0 Å². The summed E-state index contributed by atoms with van der Waals surface area (Å²) in [4.78, 5) is 0. The number of hydrogen-bond donors (Lipinski definition) is 0. The van der Waals surface area contributed by atoms with Crippen molar-refractivity contribution in [1.29, 1.82) is 0 Å². The smallest absolute Gasteiger partial charge is 0.122 e. The van der Waals surface area contributed by atoms with Crippen LogP contribution in [0.4, 0.5) is 0 Å². The molecule has 0 spiro atoms. The van der Waals surface area contributed by atoms with Crippen molar-refractivity contribution in [3.63, 3.8) is 0 Å². The second kappa shape index (κ2) is 4.04. The number of aromatic nitrogens is 3. The molecule has 0 N–H and O–H groups in total. The summed E-state index contributed by atoms with van der Waals surface area (Å²) in [6, 6.07) is 0. The molecule has 3 nitrogen and oxygen atoms in total. The molecule has 0 unspecified atom stereocenters. The van der Waals surface area contributed by atoms with Crippen molar-refractivity contribution in [1.82, 2.24) is 15.0 Å². The minimum atomic E-state index is 1.06. The third-order valence-corrected chi connectivity index (χ3v) is 2.91. The molecule has 1 aromatic heterocycles. The minimum Gasteiger partial charge on any atom is -0.242 e. The van der Waals surface area contributed by atoms with E-state index in [1.54, 1.807) is 0 Å². The molecule has 4 heteroatoms. The summed E-state index contributed by atoms with van der Waals surface area (Å²) in [6.45, 7) is 2.18. The number of halogens is 1. The van der Waals surface area contributed by atoms with Gasteiger partial charge in [-0.2, -0.15) is 0 Å². The maximum absolute atomic E-state index is 4.06. The molecular formula is C7H12IN3. The first-order valence-corrected chi connectivity index (χ1v) is 4.87. The lowest BCUT2D eigenvalue weighted by Crippen LogP contribution is -1.93. The van der Waals surface area contributed by atoms with E-state index >= 15 is 0 Å². The van der Waals surface area contributed by atoms with Gasteiger partial charge < -0.3 is 0 Å². The zero-order valence-electron chi connectivity index (χ0n) is 6.84. The highest BCUT2D eigenvalue weighted by Crippen LogP contribution is 2.09. The molecule has 0 aromatic carbocycles. The van der Waals surface area contributed by atoms with Crippen molar-refractivity contribution in [2.75, 3.05) is 0 Å². The van der Waals surface area contributed by atoms with Crippen LogP contribution in [0.3, 0.4) is 0 Å². The lowest BCUT2D eigenvalue weighted by molar-refractivity contribution is 0.699. The van der Waals surface area contributed by atoms with Crippen molar-refractivity contribution in [2.45, 2.75) is 26.2 Å². The standard InChI is InChI=1S/C7H12IN3/c1-3-4-5-6-7(8)11(2)10-9-6/h3-5H2,1-2H3. The highest BCUT2D eigenvalue weighted by molar-refractivity contribution is 14.1. The van der Waals surface area contributed by atoms with Crippen molar-refractivity contribution in [2.24, 2.45) is 7.05 Å². The van der Waals surface area contributed by atoms with E-state index in [1.165, 1.54) is 12.8 Å². The van der Waals surface area contributed by atoms with Gasteiger partial charge in [0.15, 0.2) is 0 Å². The Balaban J connectivity index is 2.63. The van der Waals surface area contributed by atoms with E-state index in [2.05, 4.69) is 39.8 Å². The monoisotopic (exact) mass is 265 g/mol. The summed E-state index contributed by atoms with van der Waals surface area (Å²) >= 11 is 2.28. The second-order valence-corrected chi connectivity index (χ2v) is 3.58. The van der Waals surface area contributed by atoms with E-state index in [1.807, 2.05) is 11.7 Å². The molecule has 1 aromatic rings. The molecule has 0 aliphatic rings. The Labute approximate surface area is 80.3 Å². The molecule has 0 saturated carbocycles. The molecule has 1 rings (SSSR count). The van der Waals surface area contributed by atoms with Crippen LogP contribution in [0.1, 0.15) is 25.5 Å². The fourth-order valence-corrected chi connectivity index (χ4v) is 1.36. The van der Waals surface area contributed by atoms with Crippen LogP contribution in [0.25, 0.3) is 0 Å². The van der Waals surface area contributed by atoms with E-state index < -0.39 is 0 Å². The third-order valence-electron chi connectivity index (χ3n) is 1.59. The zero-order chi connectivity index (χ0) is 8.27. The zero-order valence-corrected chi connectivity index (χ0v) is 9.00. The van der Waals surface area contributed by atoms with Crippen LogP contribution < -0.4 is 0 Å². The third kappa shape index (κ3) is 2.15. The fourth-order valence-electron chi connectivity index (χ4n) is 0.886. The Bertz CT molecular complexity index is 232. The molecular weight excluding hydrogens is 253 g/mol. The largest absolute Gasteiger partial charge is 0.242 e. The SMILES string of the molecule is CCCCc1nnn(C)c1I. The lowest BCUT2D eigenvalue weighted by Gasteiger charge is -1.93. The van der Waals surface area contributed by atoms with Crippen LogP contribution in [0.15, 0.2) is 0 Å². The molecule has 0 aliphatic carbocycles. The van der Waals surface area contributed by atoms with Crippen LogP contribution in [0.2, 0.25) is 0 Å². The fraction of sp³-hybridized carbons (Fsp3) is 0.714. The molecule has 1 heterocycles. The minimum absolute atomic E-state index is 1.06. The Morgan fingerprint density at radius 2 is 2.27 bits per heavy atom. The summed E-state index contributed by atoms with van der Waals surface area (Å²) in [5.41, 5.74) is 1.13. The number of nitrogens with zero attached hydrogens (tertiary/aromatic N) is 3. The van der Waals surface area contributed by atoms with Gasteiger partial charge in [-0.15, -0.1) is 5.10 Å². The van der Waals surface area contributed by atoms with Gasteiger partial charge in [0.2, 0.25) is 0 Å². The first kappa shape index (κ1) is 8.96. The topological polar surface area (TPSA) is 30.7 Å². The summed E-state index contributed by atoms with van der Waals surface area (Å²) in [5.74, 6) is 0. The number of hydrogen-bond acceptors (Lipinski definition) is 2. The average molecular weight is 265 g/mol. The molecule has 0 atom stereocenters. The molecule has 0 aliphatic heterocycles. The van der Waals surface area contributed by atoms with Gasteiger partial charge in [-0.05, 0) is 35.4 Å². The highest BCUT2D eigenvalue weighted by atomic mass is 127. The van der Waals surface area contributed by atoms with Gasteiger partial charge in [-0.1, -0.05) is 18.6 Å². The molecule has 62 valence electrons. The van der Waals surface area contributed by atoms with Gasteiger partial charge in [0.05, 0.1) is 5.69 Å². The Kier molecular flexibility index (Phi) is 3.29. The molecule has 0 saturated heterocycles. The Morgan fingerprint density at radius 3 is 2.73 bits per heavy atom. The van der Waals surface area contributed by atoms with Gasteiger partial charge in [-0.25, -0.2) is 4.68 Å². The summed E-state index contributed by atoms with van der Waals surface area (Å²) < 4.78 is 2.97. The van der Waals surface area contributed by atoms with Gasteiger partial charge in [0.1, 0.15) is 3.70 Å².